The average molecular weight is 382 g/mol. The number of sulfonamides is 1. The van der Waals surface area contributed by atoms with Gasteiger partial charge >= 0.3 is 4.87 Å². The first-order chi connectivity index (χ1) is 9.42. The van der Waals surface area contributed by atoms with Crippen LogP contribution in [0.4, 0.5) is 0 Å². The quantitative estimate of drug-likeness (QED) is 0.691. The molecule has 0 aliphatic carbocycles. The summed E-state index contributed by atoms with van der Waals surface area (Å²) in [6, 6.07) is 1.44. The molecule has 0 atom stereocenters. The standard InChI is InChI=1S/C10H12BrN3O4S2/c1-12-4-7-2-8(9(11)18-7)20(16,17)13-3-6-5-19-10(15)14-6/h2,5,12-13H,3-4H2,1H3,(H,14,15). The van der Waals surface area contributed by atoms with Gasteiger partial charge in [-0.3, -0.25) is 4.79 Å². The number of aromatic amines is 1. The molecular weight excluding hydrogens is 370 g/mol. The van der Waals surface area contributed by atoms with E-state index in [4.69, 9.17) is 4.42 Å². The summed E-state index contributed by atoms with van der Waals surface area (Å²) in [5, 5.41) is 4.44. The Labute approximate surface area is 127 Å². The highest BCUT2D eigenvalue weighted by atomic mass is 79.9. The summed E-state index contributed by atoms with van der Waals surface area (Å²) >= 11 is 4.07. The minimum Gasteiger partial charge on any atom is -0.452 e. The Hall–Kier alpha value is -0.940. The molecule has 0 fully saturated rings. The molecule has 110 valence electrons. The van der Waals surface area contributed by atoms with Crippen molar-refractivity contribution < 1.29 is 12.8 Å². The molecule has 0 radical (unpaired) electrons. The fourth-order valence-corrected chi connectivity index (χ4v) is 4.08. The lowest BCUT2D eigenvalue weighted by Crippen LogP contribution is -2.23. The average Bonchev–Trinajstić information content (AvgIpc) is 2.94. The van der Waals surface area contributed by atoms with Gasteiger partial charge in [0.05, 0.1) is 13.1 Å². The topological polar surface area (TPSA) is 104 Å². The number of hydrogen-bond donors (Lipinski definition) is 3. The predicted molar refractivity (Wildman–Crippen MR) is 78.1 cm³/mol. The van der Waals surface area contributed by atoms with Crippen molar-refractivity contribution in [2.45, 2.75) is 18.0 Å². The first-order valence-corrected chi connectivity index (χ1v) is 8.67. The van der Waals surface area contributed by atoms with Gasteiger partial charge in [0, 0.05) is 17.1 Å². The fraction of sp³-hybridized carbons (Fsp3) is 0.300. The highest BCUT2D eigenvalue weighted by Crippen LogP contribution is 2.26. The lowest BCUT2D eigenvalue weighted by molar-refractivity contribution is 0.470. The number of thiazole rings is 1. The van der Waals surface area contributed by atoms with Crippen LogP contribution in [-0.4, -0.2) is 20.4 Å². The zero-order valence-electron chi connectivity index (χ0n) is 10.4. The Balaban J connectivity index is 2.15. The molecule has 20 heavy (non-hydrogen) atoms. The Kier molecular flexibility index (Phi) is 4.81. The van der Waals surface area contributed by atoms with E-state index in [-0.39, 0.29) is 21.0 Å². The van der Waals surface area contributed by atoms with Gasteiger partial charge in [-0.2, -0.15) is 0 Å². The van der Waals surface area contributed by atoms with Crippen molar-refractivity contribution in [3.05, 3.63) is 37.2 Å². The lowest BCUT2D eigenvalue weighted by Gasteiger charge is -2.03. The van der Waals surface area contributed by atoms with Gasteiger partial charge in [-0.1, -0.05) is 11.3 Å². The van der Waals surface area contributed by atoms with E-state index in [1.54, 1.807) is 12.4 Å². The van der Waals surface area contributed by atoms with Crippen LogP contribution in [0.25, 0.3) is 0 Å². The zero-order valence-corrected chi connectivity index (χ0v) is 13.6. The number of furan rings is 1. The summed E-state index contributed by atoms with van der Waals surface area (Å²) in [7, 11) is -1.98. The van der Waals surface area contributed by atoms with Crippen molar-refractivity contribution in [3.8, 4) is 0 Å². The summed E-state index contributed by atoms with van der Waals surface area (Å²) in [4.78, 5) is 13.3. The van der Waals surface area contributed by atoms with E-state index in [0.717, 1.165) is 11.3 Å². The molecule has 0 bridgehead atoms. The van der Waals surface area contributed by atoms with Crippen LogP contribution < -0.4 is 14.9 Å². The highest BCUT2D eigenvalue weighted by Gasteiger charge is 2.22. The minimum absolute atomic E-state index is 0.0139. The van der Waals surface area contributed by atoms with E-state index in [1.165, 1.54) is 6.07 Å². The maximum Gasteiger partial charge on any atom is 0.304 e. The number of nitrogens with one attached hydrogen (secondary N) is 3. The second kappa shape index (κ2) is 6.22. The molecule has 2 aromatic heterocycles. The third-order valence-corrected chi connectivity index (χ3v) is 5.35. The lowest BCUT2D eigenvalue weighted by atomic mass is 10.4. The monoisotopic (exact) mass is 381 g/mol. The summed E-state index contributed by atoms with van der Waals surface area (Å²) in [5.41, 5.74) is 0.513. The molecule has 2 aromatic rings. The molecule has 0 aromatic carbocycles. The Morgan fingerprint density at radius 1 is 1.45 bits per heavy atom. The molecule has 2 heterocycles. The van der Waals surface area contributed by atoms with Gasteiger partial charge < -0.3 is 14.7 Å². The maximum atomic E-state index is 12.1. The highest BCUT2D eigenvalue weighted by molar-refractivity contribution is 9.10. The molecule has 0 spiro atoms. The summed E-state index contributed by atoms with van der Waals surface area (Å²) < 4.78 is 32.1. The predicted octanol–water partition coefficient (Wildman–Crippen LogP) is 0.990. The van der Waals surface area contributed by atoms with Gasteiger partial charge in [-0.05, 0) is 23.0 Å². The number of hydrogen-bond acceptors (Lipinski definition) is 6. The molecule has 0 saturated heterocycles. The summed E-state index contributed by atoms with van der Waals surface area (Å²) in [5.74, 6) is 0.503. The SMILES string of the molecule is CNCc1cc(S(=O)(=O)NCc2csc(=O)[nH]2)c(Br)o1. The van der Waals surface area contributed by atoms with Gasteiger partial charge in [0.1, 0.15) is 10.7 Å². The van der Waals surface area contributed by atoms with Crippen LogP contribution in [0.15, 0.2) is 30.2 Å². The number of aromatic nitrogens is 1. The second-order valence-corrected chi connectivity index (χ2v) is 7.18. The fourth-order valence-electron chi connectivity index (χ4n) is 1.49. The van der Waals surface area contributed by atoms with Crippen molar-refractivity contribution in [1.82, 2.24) is 15.0 Å². The van der Waals surface area contributed by atoms with E-state index in [2.05, 4.69) is 31.0 Å². The molecular formula is C10H12BrN3O4S2. The smallest absolute Gasteiger partial charge is 0.304 e. The van der Waals surface area contributed by atoms with E-state index in [1.807, 2.05) is 0 Å². The van der Waals surface area contributed by atoms with Crippen LogP contribution in [0.5, 0.6) is 0 Å². The van der Waals surface area contributed by atoms with E-state index >= 15 is 0 Å². The van der Waals surface area contributed by atoms with Crippen molar-refractivity contribution in [3.63, 3.8) is 0 Å². The van der Waals surface area contributed by atoms with E-state index in [9.17, 15) is 13.2 Å². The van der Waals surface area contributed by atoms with E-state index in [0.29, 0.717) is 18.0 Å². The van der Waals surface area contributed by atoms with Gasteiger partial charge in [0.25, 0.3) is 0 Å². The van der Waals surface area contributed by atoms with Crippen LogP contribution in [-0.2, 0) is 23.1 Å². The first kappa shape index (κ1) is 15.4. The maximum absolute atomic E-state index is 12.1. The largest absolute Gasteiger partial charge is 0.452 e. The van der Waals surface area contributed by atoms with Crippen molar-refractivity contribution in [2.24, 2.45) is 0 Å². The van der Waals surface area contributed by atoms with Crippen LogP contribution >= 0.6 is 27.3 Å². The Morgan fingerprint density at radius 3 is 2.80 bits per heavy atom. The van der Waals surface area contributed by atoms with Gasteiger partial charge in [0.15, 0.2) is 4.67 Å². The summed E-state index contributed by atoms with van der Waals surface area (Å²) in [6.07, 6.45) is 0. The van der Waals surface area contributed by atoms with Gasteiger partial charge in [0.2, 0.25) is 10.0 Å². The van der Waals surface area contributed by atoms with Gasteiger partial charge in [-0.15, -0.1) is 0 Å². The third-order valence-electron chi connectivity index (χ3n) is 2.37. The third kappa shape index (κ3) is 3.58. The Morgan fingerprint density at radius 2 is 2.20 bits per heavy atom. The Bertz CT molecular complexity index is 747. The number of H-pyrrole nitrogens is 1. The van der Waals surface area contributed by atoms with Crippen LogP contribution in [0.1, 0.15) is 11.5 Å². The van der Waals surface area contributed by atoms with E-state index < -0.39 is 10.0 Å². The molecule has 7 nitrogen and oxygen atoms in total. The minimum atomic E-state index is -3.71. The molecule has 0 amide bonds. The van der Waals surface area contributed by atoms with Crippen LogP contribution in [0, 0.1) is 0 Å². The van der Waals surface area contributed by atoms with Gasteiger partial charge in [-0.25, -0.2) is 13.1 Å². The van der Waals surface area contributed by atoms with Crippen molar-refractivity contribution in [1.29, 1.82) is 0 Å². The molecule has 3 N–H and O–H groups in total. The normalized spacial score (nSPS) is 11.9. The number of halogens is 1. The molecule has 0 aliphatic rings. The molecule has 0 unspecified atom stereocenters. The molecule has 2 rings (SSSR count). The zero-order chi connectivity index (χ0) is 14.8. The van der Waals surface area contributed by atoms with Crippen LogP contribution in [0.2, 0.25) is 0 Å². The van der Waals surface area contributed by atoms with Crippen LogP contribution in [0.3, 0.4) is 0 Å². The molecule has 10 heteroatoms. The summed E-state index contributed by atoms with van der Waals surface area (Å²) in [6.45, 7) is 0.437. The van der Waals surface area contributed by atoms with Crippen molar-refractivity contribution in [2.75, 3.05) is 7.05 Å². The molecule has 0 saturated carbocycles. The first-order valence-electron chi connectivity index (χ1n) is 5.51. The molecule has 0 aliphatic heterocycles. The number of rotatable bonds is 6. The van der Waals surface area contributed by atoms with Crippen molar-refractivity contribution >= 4 is 37.3 Å². The second-order valence-electron chi connectivity index (χ2n) is 3.88.